The normalized spacial score (nSPS) is 14.4. The van der Waals surface area contributed by atoms with Crippen LogP contribution in [0.5, 0.6) is 0 Å². The molecule has 0 aliphatic carbocycles. The van der Waals surface area contributed by atoms with Gasteiger partial charge in [-0.15, -0.1) is 0 Å². The molecule has 0 unspecified atom stereocenters. The van der Waals surface area contributed by atoms with Gasteiger partial charge in [0.15, 0.2) is 0 Å². The first-order valence-electron chi connectivity index (χ1n) is 7.86. The van der Waals surface area contributed by atoms with Gasteiger partial charge in [0, 0.05) is 29.3 Å². The van der Waals surface area contributed by atoms with E-state index in [1.165, 1.54) is 0 Å². The number of hydrogen-bond acceptors (Lipinski definition) is 4. The van der Waals surface area contributed by atoms with Crippen molar-refractivity contribution < 1.29 is 4.74 Å². The van der Waals surface area contributed by atoms with Crippen molar-refractivity contribution in [2.24, 2.45) is 4.99 Å². The fourth-order valence-corrected chi connectivity index (χ4v) is 2.67. The van der Waals surface area contributed by atoms with Gasteiger partial charge in [0.1, 0.15) is 6.61 Å². The van der Waals surface area contributed by atoms with Crippen molar-refractivity contribution in [2.75, 3.05) is 27.2 Å². The summed E-state index contributed by atoms with van der Waals surface area (Å²) in [6.45, 7) is 1.36. The molecule has 24 heavy (non-hydrogen) atoms. The predicted octanol–water partition coefficient (Wildman–Crippen LogP) is 3.61. The number of aliphatic imine (C=N–C) groups is 1. The third-order valence-electron chi connectivity index (χ3n) is 3.85. The van der Waals surface area contributed by atoms with E-state index in [1.54, 1.807) is 6.08 Å². The van der Waals surface area contributed by atoms with E-state index in [4.69, 9.17) is 9.73 Å². The van der Waals surface area contributed by atoms with Gasteiger partial charge in [-0.1, -0.05) is 36.4 Å². The van der Waals surface area contributed by atoms with Crippen LogP contribution in [0.2, 0.25) is 0 Å². The van der Waals surface area contributed by atoms with E-state index < -0.39 is 0 Å². The van der Waals surface area contributed by atoms with Gasteiger partial charge in [-0.25, -0.2) is 4.99 Å². The molecule has 120 valence electrons. The van der Waals surface area contributed by atoms with Gasteiger partial charge in [0.25, 0.3) is 0 Å². The highest BCUT2D eigenvalue weighted by Gasteiger charge is 2.21. The number of nitrogens with zero attached hydrogens (tertiary/aromatic N) is 3. The number of fused-ring (bicyclic) bond motifs is 2. The van der Waals surface area contributed by atoms with Crippen LogP contribution in [0.15, 0.2) is 59.6 Å². The highest BCUT2D eigenvalue weighted by atomic mass is 16.5. The second-order valence-corrected chi connectivity index (χ2v) is 5.82. The third kappa shape index (κ3) is 3.22. The van der Waals surface area contributed by atoms with Gasteiger partial charge in [-0.3, -0.25) is 0 Å². The van der Waals surface area contributed by atoms with E-state index in [1.807, 2.05) is 62.6 Å². The molecular formula is C20H19N3O. The summed E-state index contributed by atoms with van der Waals surface area (Å²) in [6, 6.07) is 17.9. The average molecular weight is 317 g/mol. The van der Waals surface area contributed by atoms with Gasteiger partial charge < -0.3 is 9.64 Å². The third-order valence-corrected chi connectivity index (χ3v) is 3.85. The lowest BCUT2D eigenvalue weighted by Crippen LogP contribution is -2.20. The van der Waals surface area contributed by atoms with E-state index in [-0.39, 0.29) is 0 Å². The Hall–Kier alpha value is -2.90. The van der Waals surface area contributed by atoms with E-state index in [0.29, 0.717) is 12.5 Å². The standard InChI is InChI=1S/C20H19N3O/c1-23(2)13-14-24-20-18-9-4-3-7-15(18)16(11-12-21)17-8-5-6-10-19(17)22-20/h3-11H,13-14H2,1-2H3/b16-11+. The number of rotatable bonds is 3. The Bertz CT molecular complexity index is 844. The second kappa shape index (κ2) is 7.12. The smallest absolute Gasteiger partial charge is 0.221 e. The van der Waals surface area contributed by atoms with Crippen LogP contribution in [0.25, 0.3) is 5.57 Å². The molecule has 0 bridgehead atoms. The predicted molar refractivity (Wildman–Crippen MR) is 96.3 cm³/mol. The molecule has 0 atom stereocenters. The van der Waals surface area contributed by atoms with Crippen LogP contribution in [-0.4, -0.2) is 38.0 Å². The minimum Gasteiger partial charge on any atom is -0.476 e. The summed E-state index contributed by atoms with van der Waals surface area (Å²) in [7, 11) is 4.02. The lowest BCUT2D eigenvalue weighted by Gasteiger charge is -2.14. The zero-order valence-corrected chi connectivity index (χ0v) is 13.9. The fourth-order valence-electron chi connectivity index (χ4n) is 2.67. The van der Waals surface area contributed by atoms with Gasteiger partial charge in [-0.05, 0) is 31.8 Å². The van der Waals surface area contributed by atoms with Crippen LogP contribution in [0, 0.1) is 11.3 Å². The first kappa shape index (κ1) is 16.0. The molecule has 0 saturated heterocycles. The molecule has 0 spiro atoms. The van der Waals surface area contributed by atoms with Crippen molar-refractivity contribution in [3.8, 4) is 6.07 Å². The molecule has 0 fully saturated rings. The van der Waals surface area contributed by atoms with E-state index in [0.717, 1.165) is 34.5 Å². The molecule has 1 aliphatic heterocycles. The molecule has 2 aromatic carbocycles. The lowest BCUT2D eigenvalue weighted by molar-refractivity contribution is 0.252. The molecule has 0 saturated carbocycles. The number of para-hydroxylation sites is 1. The van der Waals surface area contributed by atoms with E-state index in [9.17, 15) is 5.26 Å². The van der Waals surface area contributed by atoms with Crippen molar-refractivity contribution in [3.05, 3.63) is 71.3 Å². The Kier molecular flexibility index (Phi) is 4.74. The van der Waals surface area contributed by atoms with Gasteiger partial charge in [0.2, 0.25) is 5.90 Å². The second-order valence-electron chi connectivity index (χ2n) is 5.82. The molecule has 2 aromatic rings. The molecule has 4 heteroatoms. The number of ether oxygens (including phenoxy) is 1. The summed E-state index contributed by atoms with van der Waals surface area (Å²) >= 11 is 0. The first-order valence-corrected chi connectivity index (χ1v) is 7.86. The maximum absolute atomic E-state index is 9.23. The molecule has 3 rings (SSSR count). The van der Waals surface area contributed by atoms with Gasteiger partial charge >= 0.3 is 0 Å². The Morgan fingerprint density at radius 3 is 2.42 bits per heavy atom. The van der Waals surface area contributed by atoms with E-state index >= 15 is 0 Å². The van der Waals surface area contributed by atoms with Crippen molar-refractivity contribution >= 4 is 17.2 Å². The van der Waals surface area contributed by atoms with Crippen molar-refractivity contribution in [1.82, 2.24) is 4.90 Å². The van der Waals surface area contributed by atoms with Crippen LogP contribution >= 0.6 is 0 Å². The summed E-state index contributed by atoms with van der Waals surface area (Å²) in [5.74, 6) is 0.598. The Labute approximate surface area is 142 Å². The molecule has 0 N–H and O–H groups in total. The summed E-state index contributed by atoms with van der Waals surface area (Å²) in [4.78, 5) is 6.80. The first-order chi connectivity index (χ1) is 11.7. The quantitative estimate of drug-likeness (QED) is 0.813. The van der Waals surface area contributed by atoms with Crippen LogP contribution in [-0.2, 0) is 4.74 Å². The molecule has 0 aromatic heterocycles. The highest BCUT2D eigenvalue weighted by molar-refractivity contribution is 6.06. The Balaban J connectivity index is 2.13. The van der Waals surface area contributed by atoms with Gasteiger partial charge in [0.05, 0.1) is 11.8 Å². The Morgan fingerprint density at radius 1 is 1.04 bits per heavy atom. The molecule has 1 aliphatic rings. The van der Waals surface area contributed by atoms with Crippen molar-refractivity contribution in [2.45, 2.75) is 0 Å². The Morgan fingerprint density at radius 2 is 1.71 bits per heavy atom. The maximum Gasteiger partial charge on any atom is 0.221 e. The van der Waals surface area contributed by atoms with Crippen LogP contribution in [0.3, 0.4) is 0 Å². The molecule has 4 nitrogen and oxygen atoms in total. The monoisotopic (exact) mass is 317 g/mol. The lowest BCUT2D eigenvalue weighted by atomic mass is 9.94. The van der Waals surface area contributed by atoms with E-state index in [2.05, 4.69) is 11.0 Å². The number of benzene rings is 2. The van der Waals surface area contributed by atoms with Gasteiger partial charge in [-0.2, -0.15) is 5.26 Å². The van der Waals surface area contributed by atoms with Crippen LogP contribution in [0.4, 0.5) is 5.69 Å². The molecule has 0 radical (unpaired) electrons. The SMILES string of the molecule is CN(C)CCOC1=Nc2ccccc2/C(=C/C#N)c2ccccc21. The van der Waals surface area contributed by atoms with Crippen LogP contribution in [0.1, 0.15) is 16.7 Å². The molecule has 1 heterocycles. The zero-order chi connectivity index (χ0) is 16.9. The van der Waals surface area contributed by atoms with Crippen LogP contribution < -0.4 is 0 Å². The fraction of sp³-hybridized carbons (Fsp3) is 0.200. The summed E-state index contributed by atoms with van der Waals surface area (Å²) in [6.07, 6.45) is 1.58. The highest BCUT2D eigenvalue weighted by Crippen LogP contribution is 2.36. The number of hydrogen-bond donors (Lipinski definition) is 0. The average Bonchev–Trinajstić information content (AvgIpc) is 2.71. The molecule has 0 amide bonds. The van der Waals surface area contributed by atoms with Crippen molar-refractivity contribution in [1.29, 1.82) is 5.26 Å². The summed E-state index contributed by atoms with van der Waals surface area (Å²) < 4.78 is 5.98. The number of allylic oxidation sites excluding steroid dienone is 1. The largest absolute Gasteiger partial charge is 0.476 e. The topological polar surface area (TPSA) is 48.6 Å². The summed E-state index contributed by atoms with van der Waals surface area (Å²) in [5.41, 5.74) is 4.51. The summed E-state index contributed by atoms with van der Waals surface area (Å²) in [5, 5.41) is 9.23. The van der Waals surface area contributed by atoms with Crippen molar-refractivity contribution in [3.63, 3.8) is 0 Å². The minimum atomic E-state index is 0.555. The number of nitriles is 1. The maximum atomic E-state index is 9.23. The number of likely N-dealkylation sites (N-methyl/N-ethyl adjacent to an activating group) is 1. The zero-order valence-electron chi connectivity index (χ0n) is 13.9. The molecular weight excluding hydrogens is 298 g/mol. The minimum absolute atomic E-state index is 0.555.